The maximum atomic E-state index is 12.2. The number of amides is 1. The van der Waals surface area contributed by atoms with E-state index in [1.54, 1.807) is 16.8 Å². The Labute approximate surface area is 126 Å². The molecule has 1 amide bonds. The molecular formula is C14H16N4O4. The van der Waals surface area contributed by atoms with Crippen LogP contribution in [0.15, 0.2) is 24.3 Å². The molecule has 8 heteroatoms. The second-order valence-electron chi connectivity index (χ2n) is 4.58. The molecule has 116 valence electrons. The fraction of sp³-hybridized carbons (Fsp3) is 0.286. The summed E-state index contributed by atoms with van der Waals surface area (Å²) in [6, 6.07) is 5.86. The summed E-state index contributed by atoms with van der Waals surface area (Å²) in [5.41, 5.74) is 0.917. The maximum Gasteiger partial charge on any atom is 0.296 e. The molecule has 1 aromatic carbocycles. The van der Waals surface area contributed by atoms with Crippen molar-refractivity contribution >= 4 is 17.3 Å². The Hall–Kier alpha value is -2.90. The standard InChI is InChI=1S/C14H16N4O4/c1-4-17-9(2)7-12(16-17)14(19)15-11-6-5-10(22-3)8-13(11)18(20)21/h5-8H,4H2,1-3H3,(H,15,19). The number of aryl methyl sites for hydroxylation is 2. The summed E-state index contributed by atoms with van der Waals surface area (Å²) in [4.78, 5) is 22.7. The van der Waals surface area contributed by atoms with Gasteiger partial charge in [0.05, 0.1) is 18.1 Å². The third-order valence-electron chi connectivity index (χ3n) is 3.16. The van der Waals surface area contributed by atoms with Crippen LogP contribution in [0, 0.1) is 17.0 Å². The van der Waals surface area contributed by atoms with Gasteiger partial charge in [0.15, 0.2) is 5.69 Å². The first-order chi connectivity index (χ1) is 10.5. The molecule has 1 N–H and O–H groups in total. The van der Waals surface area contributed by atoms with Crippen LogP contribution in [0.4, 0.5) is 11.4 Å². The highest BCUT2D eigenvalue weighted by Gasteiger charge is 2.19. The molecule has 1 aromatic heterocycles. The summed E-state index contributed by atoms with van der Waals surface area (Å²) in [6.07, 6.45) is 0. The molecule has 1 heterocycles. The van der Waals surface area contributed by atoms with Gasteiger partial charge >= 0.3 is 0 Å². The second kappa shape index (κ2) is 6.25. The lowest BCUT2D eigenvalue weighted by Crippen LogP contribution is -2.14. The number of nitro groups is 1. The summed E-state index contributed by atoms with van der Waals surface area (Å²) in [5, 5.41) is 17.7. The summed E-state index contributed by atoms with van der Waals surface area (Å²) < 4.78 is 6.63. The van der Waals surface area contributed by atoms with E-state index in [0.717, 1.165) is 5.69 Å². The number of carbonyl (C=O) groups excluding carboxylic acids is 1. The molecule has 0 radical (unpaired) electrons. The molecule has 0 unspecified atom stereocenters. The topological polar surface area (TPSA) is 99.3 Å². The molecule has 0 saturated carbocycles. The Morgan fingerprint density at radius 2 is 2.18 bits per heavy atom. The molecule has 0 saturated heterocycles. The monoisotopic (exact) mass is 304 g/mol. The van der Waals surface area contributed by atoms with E-state index in [2.05, 4.69) is 10.4 Å². The van der Waals surface area contributed by atoms with Crippen molar-refractivity contribution in [1.29, 1.82) is 0 Å². The van der Waals surface area contributed by atoms with Crippen LogP contribution in [0.1, 0.15) is 23.1 Å². The Morgan fingerprint density at radius 3 is 2.73 bits per heavy atom. The van der Waals surface area contributed by atoms with Crippen LogP contribution in [-0.4, -0.2) is 27.7 Å². The smallest absolute Gasteiger partial charge is 0.296 e. The number of benzene rings is 1. The summed E-state index contributed by atoms with van der Waals surface area (Å²) in [7, 11) is 1.41. The van der Waals surface area contributed by atoms with Gasteiger partial charge in [-0.3, -0.25) is 19.6 Å². The van der Waals surface area contributed by atoms with Crippen molar-refractivity contribution in [3.05, 3.63) is 45.8 Å². The molecular weight excluding hydrogens is 288 g/mol. The SMILES string of the molecule is CCn1nc(C(=O)Nc2ccc(OC)cc2[N+](=O)[O-])cc1C. The van der Waals surface area contributed by atoms with Gasteiger partial charge < -0.3 is 10.1 Å². The quantitative estimate of drug-likeness (QED) is 0.675. The average Bonchev–Trinajstić information content (AvgIpc) is 2.88. The van der Waals surface area contributed by atoms with Crippen molar-refractivity contribution in [2.24, 2.45) is 0 Å². The Morgan fingerprint density at radius 1 is 1.45 bits per heavy atom. The molecule has 8 nitrogen and oxygen atoms in total. The number of aromatic nitrogens is 2. The van der Waals surface area contributed by atoms with Crippen molar-refractivity contribution < 1.29 is 14.5 Å². The predicted molar refractivity (Wildman–Crippen MR) is 80.2 cm³/mol. The van der Waals surface area contributed by atoms with E-state index in [9.17, 15) is 14.9 Å². The molecule has 0 bridgehead atoms. The fourth-order valence-corrected chi connectivity index (χ4v) is 2.02. The molecule has 0 spiro atoms. The summed E-state index contributed by atoms with van der Waals surface area (Å²) >= 11 is 0. The summed E-state index contributed by atoms with van der Waals surface area (Å²) in [6.45, 7) is 4.39. The highest BCUT2D eigenvalue weighted by atomic mass is 16.6. The van der Waals surface area contributed by atoms with Crippen LogP contribution in [-0.2, 0) is 6.54 Å². The van der Waals surface area contributed by atoms with Gasteiger partial charge in [-0.25, -0.2) is 0 Å². The average molecular weight is 304 g/mol. The van der Waals surface area contributed by atoms with E-state index in [0.29, 0.717) is 12.3 Å². The Balaban J connectivity index is 2.29. The van der Waals surface area contributed by atoms with E-state index in [-0.39, 0.29) is 17.1 Å². The highest BCUT2D eigenvalue weighted by Crippen LogP contribution is 2.29. The van der Waals surface area contributed by atoms with Crippen LogP contribution in [0.3, 0.4) is 0 Å². The number of hydrogen-bond donors (Lipinski definition) is 1. The Kier molecular flexibility index (Phi) is 4.40. The lowest BCUT2D eigenvalue weighted by molar-refractivity contribution is -0.384. The van der Waals surface area contributed by atoms with E-state index in [1.807, 2.05) is 13.8 Å². The van der Waals surface area contributed by atoms with Crippen molar-refractivity contribution in [3.8, 4) is 5.75 Å². The molecule has 22 heavy (non-hydrogen) atoms. The maximum absolute atomic E-state index is 12.2. The number of carbonyl (C=O) groups is 1. The van der Waals surface area contributed by atoms with Gasteiger partial charge in [-0.1, -0.05) is 0 Å². The van der Waals surface area contributed by atoms with Crippen LogP contribution < -0.4 is 10.1 Å². The molecule has 0 aliphatic carbocycles. The molecule has 0 aliphatic heterocycles. The highest BCUT2D eigenvalue weighted by molar-refractivity contribution is 6.04. The van der Waals surface area contributed by atoms with Gasteiger partial charge in [0, 0.05) is 12.2 Å². The molecule has 2 aromatic rings. The van der Waals surface area contributed by atoms with Crippen molar-refractivity contribution in [2.45, 2.75) is 20.4 Å². The number of nitrogens with one attached hydrogen (secondary N) is 1. The van der Waals surface area contributed by atoms with Gasteiger partial charge in [-0.2, -0.15) is 5.10 Å². The van der Waals surface area contributed by atoms with Crippen molar-refractivity contribution in [2.75, 3.05) is 12.4 Å². The first-order valence-electron chi connectivity index (χ1n) is 6.64. The number of ether oxygens (including phenoxy) is 1. The minimum Gasteiger partial charge on any atom is -0.496 e. The largest absolute Gasteiger partial charge is 0.496 e. The van der Waals surface area contributed by atoms with Gasteiger partial charge in [0.2, 0.25) is 0 Å². The summed E-state index contributed by atoms with van der Waals surface area (Å²) in [5.74, 6) is -0.153. The number of hydrogen-bond acceptors (Lipinski definition) is 5. The van der Waals surface area contributed by atoms with Crippen molar-refractivity contribution in [1.82, 2.24) is 9.78 Å². The van der Waals surface area contributed by atoms with Crippen LogP contribution in [0.5, 0.6) is 5.75 Å². The Bertz CT molecular complexity index is 724. The molecule has 2 rings (SSSR count). The zero-order chi connectivity index (χ0) is 16.3. The minimum atomic E-state index is -0.575. The first-order valence-corrected chi connectivity index (χ1v) is 6.64. The molecule has 0 atom stereocenters. The van der Waals surface area contributed by atoms with E-state index < -0.39 is 10.8 Å². The zero-order valence-corrected chi connectivity index (χ0v) is 12.5. The molecule has 0 fully saturated rings. The zero-order valence-electron chi connectivity index (χ0n) is 12.5. The van der Waals surface area contributed by atoms with Gasteiger partial charge in [-0.15, -0.1) is 0 Å². The first kappa shape index (κ1) is 15.5. The normalized spacial score (nSPS) is 10.3. The van der Waals surface area contributed by atoms with Gasteiger partial charge in [-0.05, 0) is 32.0 Å². The minimum absolute atomic E-state index is 0.0968. The third kappa shape index (κ3) is 3.05. The number of nitro benzene ring substituents is 1. The molecule has 0 aliphatic rings. The predicted octanol–water partition coefficient (Wildman–Crippen LogP) is 2.38. The lowest BCUT2D eigenvalue weighted by atomic mass is 10.2. The number of methoxy groups -OCH3 is 1. The van der Waals surface area contributed by atoms with E-state index in [1.165, 1.54) is 19.2 Å². The van der Waals surface area contributed by atoms with Crippen molar-refractivity contribution in [3.63, 3.8) is 0 Å². The second-order valence-corrected chi connectivity index (χ2v) is 4.58. The van der Waals surface area contributed by atoms with Crippen LogP contribution in [0.2, 0.25) is 0 Å². The third-order valence-corrected chi connectivity index (χ3v) is 3.16. The number of nitrogens with zero attached hydrogens (tertiary/aromatic N) is 3. The van der Waals surface area contributed by atoms with Crippen LogP contribution >= 0.6 is 0 Å². The lowest BCUT2D eigenvalue weighted by Gasteiger charge is -2.06. The van der Waals surface area contributed by atoms with E-state index in [4.69, 9.17) is 4.74 Å². The fourth-order valence-electron chi connectivity index (χ4n) is 2.02. The van der Waals surface area contributed by atoms with E-state index >= 15 is 0 Å². The number of rotatable bonds is 5. The van der Waals surface area contributed by atoms with Crippen LogP contribution in [0.25, 0.3) is 0 Å². The van der Waals surface area contributed by atoms with Gasteiger partial charge in [0.25, 0.3) is 11.6 Å². The van der Waals surface area contributed by atoms with Gasteiger partial charge in [0.1, 0.15) is 11.4 Å². The number of anilines is 1.